The van der Waals surface area contributed by atoms with Crippen LogP contribution < -0.4 is 10.0 Å². The first-order valence-corrected chi connectivity index (χ1v) is 9.48. The molecule has 2 heterocycles. The Balaban J connectivity index is 2.06. The van der Waals surface area contributed by atoms with Gasteiger partial charge < -0.3 is 4.74 Å². The maximum absolute atomic E-state index is 12.3. The molecule has 1 amide bonds. The number of thiophene rings is 1. The van der Waals surface area contributed by atoms with Crippen LogP contribution in [0, 0.1) is 10.1 Å². The number of hydrogen-bond acceptors (Lipinski definition) is 7. The van der Waals surface area contributed by atoms with E-state index in [0.717, 1.165) is 17.4 Å². The molecule has 0 radical (unpaired) electrons. The van der Waals surface area contributed by atoms with Crippen molar-refractivity contribution in [2.45, 2.75) is 23.7 Å². The average Bonchev–Trinajstić information content (AvgIpc) is 2.99. The lowest BCUT2D eigenvalue weighted by atomic mass is 10.0. The van der Waals surface area contributed by atoms with E-state index >= 15 is 0 Å². The minimum absolute atomic E-state index is 0.0124. The summed E-state index contributed by atoms with van der Waals surface area (Å²) in [6.45, 7) is 1.64. The smallest absolute Gasteiger partial charge is 0.412 e. The number of carbonyl (C=O) groups excluding carboxylic acids is 1. The number of nitro groups is 1. The summed E-state index contributed by atoms with van der Waals surface area (Å²) in [5, 5.41) is 15.3. The molecule has 0 saturated heterocycles. The molecule has 3 rings (SSSR count). The first-order valence-electron chi connectivity index (χ1n) is 7.11. The van der Waals surface area contributed by atoms with Gasteiger partial charge in [-0.3, -0.25) is 20.2 Å². The van der Waals surface area contributed by atoms with Gasteiger partial charge >= 0.3 is 6.09 Å². The summed E-state index contributed by atoms with van der Waals surface area (Å²) < 4.78 is 32.1. The summed E-state index contributed by atoms with van der Waals surface area (Å²) in [7, 11) is -3.85. The van der Waals surface area contributed by atoms with Crippen LogP contribution in [0.3, 0.4) is 0 Å². The van der Waals surface area contributed by atoms with Gasteiger partial charge in [0.05, 0.1) is 10.6 Å². The Bertz CT molecular complexity index is 940. The first kappa shape index (κ1) is 17.2. The van der Waals surface area contributed by atoms with Gasteiger partial charge in [0.25, 0.3) is 15.7 Å². The summed E-state index contributed by atoms with van der Waals surface area (Å²) in [6.07, 6.45) is -1.09. The van der Waals surface area contributed by atoms with Gasteiger partial charge in [-0.15, -0.1) is 11.3 Å². The fourth-order valence-electron chi connectivity index (χ4n) is 2.48. The minimum atomic E-state index is -3.85. The molecule has 1 atom stereocenters. The van der Waals surface area contributed by atoms with Gasteiger partial charge in [0, 0.05) is 12.5 Å². The minimum Gasteiger partial charge on any atom is -0.446 e. The molecule has 1 unspecified atom stereocenters. The number of nitro benzene ring substituents is 1. The van der Waals surface area contributed by atoms with Gasteiger partial charge in [0.2, 0.25) is 0 Å². The van der Waals surface area contributed by atoms with E-state index in [4.69, 9.17) is 4.74 Å². The molecule has 2 N–H and O–H groups in total. The van der Waals surface area contributed by atoms with Crippen molar-refractivity contribution in [1.82, 2.24) is 0 Å². The van der Waals surface area contributed by atoms with Crippen molar-refractivity contribution < 1.29 is 22.9 Å². The van der Waals surface area contributed by atoms with Gasteiger partial charge in [-0.25, -0.2) is 13.2 Å². The largest absolute Gasteiger partial charge is 0.446 e. The lowest BCUT2D eigenvalue weighted by Crippen LogP contribution is -2.17. The van der Waals surface area contributed by atoms with Crippen LogP contribution in [-0.2, 0) is 21.2 Å². The van der Waals surface area contributed by atoms with Crippen molar-refractivity contribution in [1.29, 1.82) is 0 Å². The van der Waals surface area contributed by atoms with Crippen LogP contribution in [0.15, 0.2) is 33.9 Å². The predicted molar refractivity (Wildman–Crippen MR) is 91.5 cm³/mol. The number of amides is 1. The number of fused-ring (bicyclic) bond motifs is 1. The molecule has 132 valence electrons. The van der Waals surface area contributed by atoms with E-state index in [1.54, 1.807) is 18.4 Å². The van der Waals surface area contributed by atoms with Crippen LogP contribution in [0.1, 0.15) is 12.5 Å². The van der Waals surface area contributed by atoms with Crippen molar-refractivity contribution in [3.05, 3.63) is 45.3 Å². The van der Waals surface area contributed by atoms with Crippen LogP contribution in [0.5, 0.6) is 0 Å². The molecule has 0 spiro atoms. The Morgan fingerprint density at radius 3 is 2.84 bits per heavy atom. The third-order valence-corrected chi connectivity index (χ3v) is 6.23. The quantitative estimate of drug-likeness (QED) is 0.617. The molecule has 11 heteroatoms. The highest BCUT2D eigenvalue weighted by Crippen LogP contribution is 2.36. The number of carbonyl (C=O) groups is 1. The molecule has 1 aliphatic heterocycles. The highest BCUT2D eigenvalue weighted by atomic mass is 32.2. The van der Waals surface area contributed by atoms with E-state index in [0.29, 0.717) is 5.56 Å². The highest BCUT2D eigenvalue weighted by molar-refractivity contribution is 7.94. The van der Waals surface area contributed by atoms with Crippen LogP contribution in [0.25, 0.3) is 0 Å². The number of anilines is 2. The summed E-state index contributed by atoms with van der Waals surface area (Å²) in [6, 6.07) is 5.55. The Morgan fingerprint density at radius 2 is 2.20 bits per heavy atom. The van der Waals surface area contributed by atoms with E-state index in [9.17, 15) is 23.3 Å². The monoisotopic (exact) mass is 383 g/mol. The number of sulfonamides is 1. The molecule has 1 aromatic heterocycles. The molecule has 25 heavy (non-hydrogen) atoms. The van der Waals surface area contributed by atoms with E-state index in [1.807, 2.05) is 0 Å². The number of benzene rings is 1. The summed E-state index contributed by atoms with van der Waals surface area (Å²) in [5.74, 6) is 0. The van der Waals surface area contributed by atoms with Crippen molar-refractivity contribution in [2.24, 2.45) is 0 Å². The topological polar surface area (TPSA) is 128 Å². The van der Waals surface area contributed by atoms with Gasteiger partial charge in [-0.2, -0.15) is 0 Å². The Kier molecular flexibility index (Phi) is 4.35. The Morgan fingerprint density at radius 1 is 1.44 bits per heavy atom. The fourth-order valence-corrected chi connectivity index (χ4v) is 4.51. The summed E-state index contributed by atoms with van der Waals surface area (Å²) in [4.78, 5) is 22.3. The van der Waals surface area contributed by atoms with Crippen molar-refractivity contribution >= 4 is 44.5 Å². The van der Waals surface area contributed by atoms with Crippen molar-refractivity contribution in [3.63, 3.8) is 0 Å². The molecular weight excluding hydrogens is 370 g/mol. The first-order chi connectivity index (χ1) is 11.8. The molecule has 0 aliphatic carbocycles. The average molecular weight is 383 g/mol. The zero-order valence-corrected chi connectivity index (χ0v) is 14.5. The number of ether oxygens (including phenoxy) is 1. The van der Waals surface area contributed by atoms with Crippen molar-refractivity contribution in [3.8, 4) is 0 Å². The van der Waals surface area contributed by atoms with E-state index in [2.05, 4.69) is 10.0 Å². The number of nitrogens with zero attached hydrogens (tertiary/aromatic N) is 1. The third kappa shape index (κ3) is 3.56. The van der Waals surface area contributed by atoms with E-state index in [1.165, 1.54) is 12.1 Å². The molecule has 1 aromatic carbocycles. The molecule has 9 nitrogen and oxygen atoms in total. The molecular formula is C14H13N3O6S2. The lowest BCUT2D eigenvalue weighted by Gasteiger charge is -2.11. The van der Waals surface area contributed by atoms with Crippen LogP contribution in [0.4, 0.5) is 21.9 Å². The second kappa shape index (κ2) is 6.33. The second-order valence-electron chi connectivity index (χ2n) is 5.37. The van der Waals surface area contributed by atoms with Gasteiger partial charge in [0.1, 0.15) is 16.0 Å². The highest BCUT2D eigenvalue weighted by Gasteiger charge is 2.28. The van der Waals surface area contributed by atoms with Crippen LogP contribution in [-0.4, -0.2) is 25.5 Å². The number of rotatable bonds is 4. The van der Waals surface area contributed by atoms with Crippen LogP contribution >= 0.6 is 11.3 Å². The van der Waals surface area contributed by atoms with Crippen LogP contribution in [0.2, 0.25) is 0 Å². The summed E-state index contributed by atoms with van der Waals surface area (Å²) in [5.41, 5.74) is 0.0597. The van der Waals surface area contributed by atoms with E-state index < -0.39 is 32.8 Å². The molecule has 0 saturated carbocycles. The van der Waals surface area contributed by atoms with Gasteiger partial charge in [0.15, 0.2) is 0 Å². The van der Waals surface area contributed by atoms with E-state index in [-0.39, 0.29) is 22.0 Å². The maximum atomic E-state index is 12.3. The fraction of sp³-hybridized carbons (Fsp3) is 0.214. The molecule has 0 fully saturated rings. The molecule has 1 aliphatic rings. The number of hydrogen-bond donors (Lipinski definition) is 2. The lowest BCUT2D eigenvalue weighted by molar-refractivity contribution is -0.383. The molecule has 2 aromatic rings. The zero-order chi connectivity index (χ0) is 18.2. The Labute approximate surface area is 146 Å². The van der Waals surface area contributed by atoms with Crippen molar-refractivity contribution in [2.75, 3.05) is 10.0 Å². The predicted octanol–water partition coefficient (Wildman–Crippen LogP) is 2.95. The molecule has 0 bridgehead atoms. The standard InChI is InChI=1S/C14H13N3O6S2/c1-8-5-9-6-10(16-25(21,22)12-3-2-4-24-12)7-11(17(19)20)13(9)15-14(18)23-8/h2-4,6-8,16H,5H2,1H3,(H,15,18). The maximum Gasteiger partial charge on any atom is 0.412 e. The normalized spacial score (nSPS) is 17.0. The summed E-state index contributed by atoms with van der Waals surface area (Å²) >= 11 is 1.03. The SMILES string of the molecule is CC1Cc2cc(NS(=O)(=O)c3cccs3)cc([N+](=O)[O-])c2NC(=O)O1. The third-order valence-electron chi connectivity index (χ3n) is 3.45. The van der Waals surface area contributed by atoms with Gasteiger partial charge in [-0.1, -0.05) is 6.07 Å². The Hall–Kier alpha value is -2.66. The number of nitrogens with one attached hydrogen (secondary N) is 2. The second-order valence-corrected chi connectivity index (χ2v) is 8.23. The van der Waals surface area contributed by atoms with Gasteiger partial charge in [-0.05, 0) is 30.0 Å². The number of cyclic esters (lactones) is 1. The zero-order valence-electron chi connectivity index (χ0n) is 12.9.